The Bertz CT molecular complexity index is 1300. The molecule has 11 heteroatoms. The molecule has 4 rings (SSSR count). The van der Waals surface area contributed by atoms with Crippen molar-refractivity contribution in [1.29, 1.82) is 0 Å². The molecule has 164 valence electrons. The average Bonchev–Trinajstić information content (AvgIpc) is 3.28. The molecule has 2 N–H and O–H groups in total. The first kappa shape index (κ1) is 21.8. The van der Waals surface area contributed by atoms with Crippen LogP contribution in [0.15, 0.2) is 82.4 Å². The molecule has 4 aromatic rings. The van der Waals surface area contributed by atoms with Crippen LogP contribution >= 0.6 is 15.9 Å². The lowest BCUT2D eigenvalue weighted by Crippen LogP contribution is -2.19. The number of non-ortho nitro benzene ring substituents is 1. The van der Waals surface area contributed by atoms with Crippen LogP contribution in [0, 0.1) is 10.1 Å². The van der Waals surface area contributed by atoms with E-state index in [-0.39, 0.29) is 27.3 Å². The van der Waals surface area contributed by atoms with Crippen LogP contribution in [-0.4, -0.2) is 36.9 Å². The molecule has 0 saturated carbocycles. The first-order valence-corrected chi connectivity index (χ1v) is 10.3. The second kappa shape index (κ2) is 9.40. The maximum Gasteiger partial charge on any atom is 0.311 e. The maximum atomic E-state index is 12.6. The largest absolute Gasteiger partial charge is 0.506 e. The van der Waals surface area contributed by atoms with Crippen molar-refractivity contribution in [3.63, 3.8) is 0 Å². The zero-order chi connectivity index (χ0) is 23.4. The van der Waals surface area contributed by atoms with Crippen LogP contribution in [0.25, 0.3) is 17.1 Å². The maximum absolute atomic E-state index is 12.6. The molecule has 0 fully saturated rings. The number of nitrogens with one attached hydrogen (secondary N) is 1. The van der Waals surface area contributed by atoms with Gasteiger partial charge in [0.15, 0.2) is 5.82 Å². The van der Waals surface area contributed by atoms with Crippen molar-refractivity contribution in [1.82, 2.24) is 20.2 Å². The highest BCUT2D eigenvalue weighted by molar-refractivity contribution is 9.10. The fourth-order valence-corrected chi connectivity index (χ4v) is 3.41. The van der Waals surface area contributed by atoms with Crippen LogP contribution in [0.5, 0.6) is 5.75 Å². The summed E-state index contributed by atoms with van der Waals surface area (Å²) in [7, 11) is 0. The van der Waals surface area contributed by atoms with Crippen LogP contribution in [0.4, 0.5) is 5.69 Å². The van der Waals surface area contributed by atoms with Gasteiger partial charge in [-0.3, -0.25) is 14.9 Å². The molecule has 0 radical (unpaired) electrons. The number of phenolic OH excluding ortho intramolecular Hbond substituents is 1. The van der Waals surface area contributed by atoms with Gasteiger partial charge in [0.25, 0.3) is 5.69 Å². The summed E-state index contributed by atoms with van der Waals surface area (Å²) in [6, 6.07) is 20.8. The number of halogens is 1. The third-order valence-electron chi connectivity index (χ3n) is 4.50. The van der Waals surface area contributed by atoms with E-state index in [1.807, 2.05) is 60.7 Å². The number of para-hydroxylation sites is 1. The van der Waals surface area contributed by atoms with Crippen LogP contribution in [0.3, 0.4) is 0 Å². The van der Waals surface area contributed by atoms with Gasteiger partial charge in [0.2, 0.25) is 5.82 Å². The Labute approximate surface area is 195 Å². The number of nitro groups is 1. The normalized spacial score (nSPS) is 10.9. The number of rotatable bonds is 6. The fourth-order valence-electron chi connectivity index (χ4n) is 2.95. The molecule has 1 heterocycles. The number of hydrazone groups is 1. The highest BCUT2D eigenvalue weighted by atomic mass is 79.9. The van der Waals surface area contributed by atoms with Gasteiger partial charge >= 0.3 is 5.91 Å². The van der Waals surface area contributed by atoms with Gasteiger partial charge in [-0.05, 0) is 28.1 Å². The minimum absolute atomic E-state index is 0.0455. The standard InChI is InChI=1S/C22H15BrN6O4/c23-18-12-17(29(32)33)11-15(19(18)30)13-24-26-22(31)20-25-21(14-7-3-1-4-8-14)28(27-20)16-9-5-2-6-10-16/h1-13,30H,(H,26,31)/b24-13+. The third kappa shape index (κ3) is 4.77. The Kier molecular flexibility index (Phi) is 6.22. The number of aromatic hydroxyl groups is 1. The molecule has 0 bridgehead atoms. The number of carbonyl (C=O) groups is 1. The van der Waals surface area contributed by atoms with Crippen molar-refractivity contribution >= 4 is 33.7 Å². The molecule has 3 aromatic carbocycles. The van der Waals surface area contributed by atoms with E-state index in [1.54, 1.807) is 4.68 Å². The lowest BCUT2D eigenvalue weighted by Gasteiger charge is -2.05. The van der Waals surface area contributed by atoms with Crippen LogP contribution in [-0.2, 0) is 0 Å². The Hall–Kier alpha value is -4.38. The molecule has 0 unspecified atom stereocenters. The predicted octanol–water partition coefficient (Wildman–Crippen LogP) is 4.07. The molecule has 0 atom stereocenters. The zero-order valence-corrected chi connectivity index (χ0v) is 18.4. The molecule has 0 aliphatic rings. The highest BCUT2D eigenvalue weighted by Gasteiger charge is 2.19. The summed E-state index contributed by atoms with van der Waals surface area (Å²) in [6.45, 7) is 0. The smallest absolute Gasteiger partial charge is 0.311 e. The topological polar surface area (TPSA) is 136 Å². The molecule has 0 spiro atoms. The Morgan fingerprint density at radius 2 is 1.79 bits per heavy atom. The van der Waals surface area contributed by atoms with E-state index < -0.39 is 10.8 Å². The SMILES string of the molecule is O=C(N/N=C/c1cc([N+](=O)[O-])cc(Br)c1O)c1nc(-c2ccccc2)n(-c2ccccc2)n1. The van der Waals surface area contributed by atoms with E-state index in [4.69, 9.17) is 0 Å². The molecule has 0 aliphatic heterocycles. The van der Waals surface area contributed by atoms with E-state index in [0.29, 0.717) is 5.82 Å². The third-order valence-corrected chi connectivity index (χ3v) is 5.11. The second-order valence-electron chi connectivity index (χ2n) is 6.69. The zero-order valence-electron chi connectivity index (χ0n) is 16.8. The van der Waals surface area contributed by atoms with Gasteiger partial charge < -0.3 is 5.11 Å². The Balaban J connectivity index is 1.62. The summed E-state index contributed by atoms with van der Waals surface area (Å²) < 4.78 is 1.68. The minimum Gasteiger partial charge on any atom is -0.506 e. The summed E-state index contributed by atoms with van der Waals surface area (Å²) in [5.41, 5.74) is 3.57. The van der Waals surface area contributed by atoms with Crippen molar-refractivity contribution in [3.05, 3.63) is 98.8 Å². The van der Waals surface area contributed by atoms with Crippen LogP contribution < -0.4 is 5.43 Å². The van der Waals surface area contributed by atoms with Crippen molar-refractivity contribution in [3.8, 4) is 22.8 Å². The number of hydrogen-bond acceptors (Lipinski definition) is 7. The number of aromatic nitrogens is 3. The summed E-state index contributed by atoms with van der Waals surface area (Å²) in [6.07, 6.45) is 1.09. The minimum atomic E-state index is -0.693. The number of phenols is 1. The summed E-state index contributed by atoms with van der Waals surface area (Å²) >= 11 is 3.05. The van der Waals surface area contributed by atoms with E-state index in [2.05, 4.69) is 36.5 Å². The number of amides is 1. The van der Waals surface area contributed by atoms with Crippen LogP contribution in [0.1, 0.15) is 16.2 Å². The molecule has 0 aliphatic carbocycles. The summed E-state index contributed by atoms with van der Waals surface area (Å²) in [4.78, 5) is 27.4. The second-order valence-corrected chi connectivity index (χ2v) is 7.55. The number of nitrogens with zero attached hydrogens (tertiary/aromatic N) is 5. The van der Waals surface area contributed by atoms with Gasteiger partial charge in [-0.15, -0.1) is 5.10 Å². The molecule has 10 nitrogen and oxygen atoms in total. The molecule has 0 saturated heterocycles. The molecular weight excluding hydrogens is 492 g/mol. The average molecular weight is 507 g/mol. The molecular formula is C22H15BrN6O4. The van der Waals surface area contributed by atoms with Gasteiger partial charge in [-0.2, -0.15) is 5.10 Å². The van der Waals surface area contributed by atoms with E-state index in [9.17, 15) is 20.0 Å². The van der Waals surface area contributed by atoms with E-state index in [1.165, 1.54) is 0 Å². The van der Waals surface area contributed by atoms with Crippen molar-refractivity contribution in [2.75, 3.05) is 0 Å². The Morgan fingerprint density at radius 3 is 2.45 bits per heavy atom. The fraction of sp³-hybridized carbons (Fsp3) is 0. The van der Waals surface area contributed by atoms with Crippen LogP contribution in [0.2, 0.25) is 0 Å². The van der Waals surface area contributed by atoms with Gasteiger partial charge in [-0.25, -0.2) is 15.1 Å². The number of nitro benzene ring substituents is 1. The van der Waals surface area contributed by atoms with Crippen molar-refractivity contribution < 1.29 is 14.8 Å². The van der Waals surface area contributed by atoms with Crippen molar-refractivity contribution in [2.24, 2.45) is 5.10 Å². The highest BCUT2D eigenvalue weighted by Crippen LogP contribution is 2.31. The Morgan fingerprint density at radius 1 is 1.12 bits per heavy atom. The number of carbonyl (C=O) groups excluding carboxylic acids is 1. The van der Waals surface area contributed by atoms with Crippen molar-refractivity contribution in [2.45, 2.75) is 0 Å². The van der Waals surface area contributed by atoms with E-state index >= 15 is 0 Å². The van der Waals surface area contributed by atoms with Gasteiger partial charge in [0.05, 0.1) is 21.3 Å². The first-order valence-electron chi connectivity index (χ1n) is 9.52. The lowest BCUT2D eigenvalue weighted by atomic mass is 10.2. The van der Waals surface area contributed by atoms with Gasteiger partial charge in [0, 0.05) is 23.3 Å². The van der Waals surface area contributed by atoms with E-state index in [0.717, 1.165) is 29.6 Å². The van der Waals surface area contributed by atoms with Gasteiger partial charge in [0.1, 0.15) is 5.75 Å². The first-order chi connectivity index (χ1) is 15.9. The summed E-state index contributed by atoms with van der Waals surface area (Å²) in [5, 5.41) is 29.2. The molecule has 1 amide bonds. The predicted molar refractivity (Wildman–Crippen MR) is 124 cm³/mol. The number of benzene rings is 3. The molecule has 33 heavy (non-hydrogen) atoms. The molecule has 1 aromatic heterocycles. The van der Waals surface area contributed by atoms with Gasteiger partial charge in [-0.1, -0.05) is 48.5 Å². The monoisotopic (exact) mass is 506 g/mol. The quantitative estimate of drug-likeness (QED) is 0.229. The number of hydrogen-bond donors (Lipinski definition) is 2. The lowest BCUT2D eigenvalue weighted by molar-refractivity contribution is -0.385. The summed E-state index contributed by atoms with van der Waals surface area (Å²) in [5.74, 6) is -0.603.